The van der Waals surface area contributed by atoms with E-state index >= 15 is 0 Å². The fraction of sp³-hybridized carbons (Fsp3) is 0.833. The number of rotatable bonds is 1. The van der Waals surface area contributed by atoms with Crippen LogP contribution >= 0.6 is 0 Å². The number of nitro groups is 1. The summed E-state index contributed by atoms with van der Waals surface area (Å²) in [5.41, 5.74) is 0. The smallest absolute Gasteiger partial charge is 0.175 e. The normalized spacial score (nSPS) is 24.3. The highest BCUT2D eigenvalue weighted by Gasteiger charge is 2.28. The molecule has 5 nitrogen and oxygen atoms in total. The van der Waals surface area contributed by atoms with Gasteiger partial charge in [-0.1, -0.05) is 0 Å². The van der Waals surface area contributed by atoms with Gasteiger partial charge >= 0.3 is 0 Å². The Morgan fingerprint density at radius 1 is 1.64 bits per heavy atom. The van der Waals surface area contributed by atoms with E-state index in [1.54, 1.807) is 0 Å². The Bertz CT molecular complexity index is 198. The second-order valence-electron chi connectivity index (χ2n) is 2.54. The van der Waals surface area contributed by atoms with Gasteiger partial charge in [-0.25, -0.2) is 10.1 Å². The molecule has 60 valence electrons. The number of nitrogens with zero attached hydrogens (tertiary/aromatic N) is 3. The summed E-state index contributed by atoms with van der Waals surface area (Å²) in [6.45, 7) is 0.408. The molecule has 0 spiro atoms. The van der Waals surface area contributed by atoms with Gasteiger partial charge in [0.15, 0.2) is 11.1 Å². The van der Waals surface area contributed by atoms with Crippen LogP contribution in [0.5, 0.6) is 0 Å². The molecule has 0 amide bonds. The van der Waals surface area contributed by atoms with Gasteiger partial charge < -0.3 is 0 Å². The lowest BCUT2D eigenvalue weighted by Crippen LogP contribution is -2.42. The number of hydrogen-bond donors (Lipinski definition) is 0. The maximum atomic E-state index is 10.3. The molecule has 0 N–H and O–H groups in total. The summed E-state index contributed by atoms with van der Waals surface area (Å²) < 4.78 is 0. The van der Waals surface area contributed by atoms with Crippen molar-refractivity contribution < 1.29 is 5.03 Å². The van der Waals surface area contributed by atoms with E-state index in [0.29, 0.717) is 13.0 Å². The molecule has 1 fully saturated rings. The van der Waals surface area contributed by atoms with Gasteiger partial charge in [0, 0.05) is 0 Å². The third-order valence-electron chi connectivity index (χ3n) is 1.83. The van der Waals surface area contributed by atoms with E-state index in [-0.39, 0.29) is 0 Å². The molecule has 0 saturated carbocycles. The van der Waals surface area contributed by atoms with Crippen molar-refractivity contribution in [3.05, 3.63) is 10.1 Å². The standard InChI is InChI=1S/C6H9N3O2/c7-5-6-3-1-2-4-8(6)9(10)11/h6H,1-4H2. The summed E-state index contributed by atoms with van der Waals surface area (Å²) in [6, 6.07) is 1.40. The summed E-state index contributed by atoms with van der Waals surface area (Å²) >= 11 is 0. The van der Waals surface area contributed by atoms with Crippen LogP contribution in [0.1, 0.15) is 19.3 Å². The van der Waals surface area contributed by atoms with Crippen LogP contribution in [0, 0.1) is 21.4 Å². The molecule has 0 aromatic heterocycles. The van der Waals surface area contributed by atoms with Crippen molar-refractivity contribution in [2.45, 2.75) is 25.3 Å². The van der Waals surface area contributed by atoms with Gasteiger partial charge in [0.1, 0.15) is 0 Å². The lowest BCUT2D eigenvalue weighted by atomic mass is 10.1. The molecule has 0 aromatic carbocycles. The van der Waals surface area contributed by atoms with E-state index in [9.17, 15) is 10.1 Å². The van der Waals surface area contributed by atoms with Crippen LogP contribution in [0.4, 0.5) is 0 Å². The topological polar surface area (TPSA) is 70.2 Å². The molecule has 0 aliphatic carbocycles. The van der Waals surface area contributed by atoms with Gasteiger partial charge in [-0.2, -0.15) is 5.26 Å². The predicted molar refractivity (Wildman–Crippen MR) is 37.0 cm³/mol. The number of hydrogen-bond acceptors (Lipinski definition) is 3. The first-order valence-electron chi connectivity index (χ1n) is 3.56. The molecule has 1 rings (SSSR count). The van der Waals surface area contributed by atoms with Crippen LogP contribution in [-0.2, 0) is 0 Å². The van der Waals surface area contributed by atoms with E-state index in [1.807, 2.05) is 6.07 Å². The number of nitriles is 1. The lowest BCUT2D eigenvalue weighted by Gasteiger charge is -2.23. The minimum atomic E-state index is -0.515. The average Bonchev–Trinajstić information content (AvgIpc) is 2.04. The van der Waals surface area contributed by atoms with Crippen molar-refractivity contribution in [2.75, 3.05) is 6.54 Å². The first-order chi connectivity index (χ1) is 5.25. The first kappa shape index (κ1) is 7.79. The molecule has 1 saturated heterocycles. The summed E-state index contributed by atoms with van der Waals surface area (Å²) in [5, 5.41) is 19.4. The number of hydrazine groups is 1. The van der Waals surface area contributed by atoms with E-state index < -0.39 is 11.1 Å². The minimum absolute atomic E-state index is 0.408. The zero-order chi connectivity index (χ0) is 8.27. The Hall–Kier alpha value is -1.31. The average molecular weight is 155 g/mol. The van der Waals surface area contributed by atoms with Gasteiger partial charge in [0.05, 0.1) is 12.6 Å². The van der Waals surface area contributed by atoms with Gasteiger partial charge in [-0.05, 0) is 19.3 Å². The van der Waals surface area contributed by atoms with Crippen molar-refractivity contribution >= 4 is 0 Å². The van der Waals surface area contributed by atoms with Gasteiger partial charge in [0.25, 0.3) is 0 Å². The molecular weight excluding hydrogens is 146 g/mol. The summed E-state index contributed by atoms with van der Waals surface area (Å²) in [7, 11) is 0. The zero-order valence-electron chi connectivity index (χ0n) is 6.06. The van der Waals surface area contributed by atoms with Crippen LogP contribution in [0.25, 0.3) is 0 Å². The molecule has 1 unspecified atom stereocenters. The molecule has 0 bridgehead atoms. The fourth-order valence-corrected chi connectivity index (χ4v) is 1.24. The van der Waals surface area contributed by atoms with E-state index in [2.05, 4.69) is 0 Å². The Balaban J connectivity index is 2.60. The van der Waals surface area contributed by atoms with Gasteiger partial charge in [-0.3, -0.25) is 0 Å². The Kier molecular flexibility index (Phi) is 2.26. The predicted octanol–water partition coefficient (Wildman–Crippen LogP) is 0.556. The van der Waals surface area contributed by atoms with Gasteiger partial charge in [-0.15, -0.1) is 5.01 Å². The molecule has 0 radical (unpaired) electrons. The molecule has 1 aliphatic rings. The zero-order valence-corrected chi connectivity index (χ0v) is 6.06. The molecule has 1 aliphatic heterocycles. The molecule has 11 heavy (non-hydrogen) atoms. The van der Waals surface area contributed by atoms with Crippen molar-refractivity contribution in [1.82, 2.24) is 5.01 Å². The van der Waals surface area contributed by atoms with Crippen LogP contribution in [0.2, 0.25) is 0 Å². The Labute approximate surface area is 64.3 Å². The van der Waals surface area contributed by atoms with Crippen molar-refractivity contribution in [3.8, 4) is 6.07 Å². The lowest BCUT2D eigenvalue weighted by molar-refractivity contribution is -0.663. The highest BCUT2D eigenvalue weighted by atomic mass is 16.7. The quantitative estimate of drug-likeness (QED) is 0.409. The maximum absolute atomic E-state index is 10.3. The van der Waals surface area contributed by atoms with E-state index in [4.69, 9.17) is 5.26 Å². The van der Waals surface area contributed by atoms with Crippen LogP contribution in [0.3, 0.4) is 0 Å². The Morgan fingerprint density at radius 3 is 2.82 bits per heavy atom. The van der Waals surface area contributed by atoms with E-state index in [0.717, 1.165) is 17.9 Å². The highest BCUT2D eigenvalue weighted by Crippen LogP contribution is 2.15. The molecule has 1 atom stereocenters. The maximum Gasteiger partial charge on any atom is 0.175 e. The largest absolute Gasteiger partial charge is 0.235 e. The third kappa shape index (κ3) is 1.58. The van der Waals surface area contributed by atoms with Crippen LogP contribution in [-0.4, -0.2) is 22.6 Å². The minimum Gasteiger partial charge on any atom is -0.235 e. The van der Waals surface area contributed by atoms with Crippen LogP contribution < -0.4 is 0 Å². The number of piperidine rings is 1. The Morgan fingerprint density at radius 2 is 2.36 bits per heavy atom. The first-order valence-corrected chi connectivity index (χ1v) is 3.56. The summed E-state index contributed by atoms with van der Waals surface area (Å²) in [5.74, 6) is 0. The molecule has 1 heterocycles. The molecule has 0 aromatic rings. The summed E-state index contributed by atoms with van der Waals surface area (Å²) in [4.78, 5) is 10.3. The van der Waals surface area contributed by atoms with E-state index in [1.165, 1.54) is 0 Å². The van der Waals surface area contributed by atoms with Crippen LogP contribution in [0.15, 0.2) is 0 Å². The highest BCUT2D eigenvalue weighted by molar-refractivity contribution is 4.90. The summed E-state index contributed by atoms with van der Waals surface area (Å²) in [6.07, 6.45) is 2.36. The molecule has 5 heteroatoms. The third-order valence-corrected chi connectivity index (χ3v) is 1.83. The second-order valence-corrected chi connectivity index (χ2v) is 2.54. The second kappa shape index (κ2) is 3.19. The monoisotopic (exact) mass is 155 g/mol. The molecular formula is C6H9N3O2. The fourth-order valence-electron chi connectivity index (χ4n) is 1.24. The van der Waals surface area contributed by atoms with Gasteiger partial charge in [0.2, 0.25) is 0 Å². The SMILES string of the molecule is N#CC1CCCCN1[N+](=O)[O-]. The van der Waals surface area contributed by atoms with Crippen molar-refractivity contribution in [2.24, 2.45) is 0 Å². The van der Waals surface area contributed by atoms with Crippen molar-refractivity contribution in [1.29, 1.82) is 5.26 Å². The van der Waals surface area contributed by atoms with Crippen molar-refractivity contribution in [3.63, 3.8) is 0 Å².